The number of nitrogens with one attached hydrogen (secondary N) is 1. The van der Waals surface area contributed by atoms with Crippen molar-refractivity contribution >= 4 is 41.2 Å². The number of amides is 2. The highest BCUT2D eigenvalue weighted by atomic mass is 32.2. The number of esters is 2. The van der Waals surface area contributed by atoms with E-state index in [2.05, 4.69) is 5.32 Å². The van der Waals surface area contributed by atoms with E-state index < -0.39 is 34.3 Å². The molecule has 3 atom stereocenters. The van der Waals surface area contributed by atoms with E-state index in [1.807, 2.05) is 0 Å². The van der Waals surface area contributed by atoms with Crippen molar-refractivity contribution in [3.63, 3.8) is 0 Å². The summed E-state index contributed by atoms with van der Waals surface area (Å²) in [4.78, 5) is 59.0. The van der Waals surface area contributed by atoms with Gasteiger partial charge in [-0.15, -0.1) is 11.8 Å². The number of ether oxygens (including phenoxy) is 2. The van der Waals surface area contributed by atoms with Crippen LogP contribution in [0.25, 0.3) is 0 Å². The van der Waals surface area contributed by atoms with E-state index in [1.165, 1.54) is 53.3 Å². The molecule has 11 nitrogen and oxygen atoms in total. The Morgan fingerprint density at radius 1 is 1.29 bits per heavy atom. The number of carbonyl (C=O) groups excluding carboxylic acids is 4. The molecule has 0 bridgehead atoms. The number of hydrogen-bond acceptors (Lipinski definition) is 9. The second kappa shape index (κ2) is 9.16. The first-order chi connectivity index (χ1) is 14.7. The van der Waals surface area contributed by atoms with Gasteiger partial charge in [0.05, 0.1) is 4.92 Å². The van der Waals surface area contributed by atoms with Crippen LogP contribution < -0.4 is 5.32 Å². The predicted molar refractivity (Wildman–Crippen MR) is 107 cm³/mol. The molecule has 1 aromatic rings. The van der Waals surface area contributed by atoms with Gasteiger partial charge in [-0.2, -0.15) is 0 Å². The van der Waals surface area contributed by atoms with Crippen LogP contribution in [0.3, 0.4) is 0 Å². The fraction of sp³-hybridized carbons (Fsp3) is 0.368. The third-order valence-corrected chi connectivity index (χ3v) is 5.84. The Hall–Kier alpha value is -3.41. The average Bonchev–Trinajstić information content (AvgIpc) is 3.10. The van der Waals surface area contributed by atoms with Crippen LogP contribution >= 0.6 is 11.8 Å². The maximum atomic E-state index is 12.6. The third-order valence-electron chi connectivity index (χ3n) is 4.69. The van der Waals surface area contributed by atoms with Crippen LogP contribution in [0.5, 0.6) is 0 Å². The topological polar surface area (TPSA) is 145 Å². The van der Waals surface area contributed by atoms with E-state index in [9.17, 15) is 29.3 Å². The van der Waals surface area contributed by atoms with Crippen LogP contribution in [0.1, 0.15) is 19.4 Å². The average molecular weight is 449 g/mol. The van der Waals surface area contributed by atoms with E-state index in [0.29, 0.717) is 5.56 Å². The van der Waals surface area contributed by atoms with Gasteiger partial charge in [0.15, 0.2) is 0 Å². The number of fused-ring (bicyclic) bond motifs is 1. The molecule has 1 N–H and O–H groups in total. The Kier molecular flexibility index (Phi) is 6.59. The van der Waals surface area contributed by atoms with Crippen molar-refractivity contribution in [2.24, 2.45) is 5.92 Å². The molecule has 2 heterocycles. The molecule has 0 aliphatic carbocycles. The standard InChI is InChI=1S/C19H19N3O8S/c1-10(30-15(24)7-20-11(2)23)16-17(25)21-14(9-31-18(16)21)19(26)29-8-12-3-5-13(6-4-12)22(27)28/h3-6,9-10,16,18H,7-8H2,1-2H3,(H,20,23)/t10-,16+,18+/m1/s1. The first-order valence-corrected chi connectivity index (χ1v) is 10.2. The highest BCUT2D eigenvalue weighted by molar-refractivity contribution is 8.03. The summed E-state index contributed by atoms with van der Waals surface area (Å²) in [7, 11) is 0. The van der Waals surface area contributed by atoms with Crippen LogP contribution in [-0.2, 0) is 35.3 Å². The number of hydrogen-bond donors (Lipinski definition) is 1. The molecule has 3 rings (SSSR count). The lowest BCUT2D eigenvalue weighted by molar-refractivity contribution is -0.384. The van der Waals surface area contributed by atoms with Gasteiger partial charge in [-0.25, -0.2) is 4.79 Å². The summed E-state index contributed by atoms with van der Waals surface area (Å²) < 4.78 is 10.4. The van der Waals surface area contributed by atoms with E-state index in [-0.39, 0.29) is 36.4 Å². The minimum Gasteiger partial charge on any atom is -0.460 e. The van der Waals surface area contributed by atoms with Crippen LogP contribution in [0.4, 0.5) is 5.69 Å². The third kappa shape index (κ3) is 4.85. The number of non-ortho nitro benzene ring substituents is 1. The zero-order chi connectivity index (χ0) is 22.7. The summed E-state index contributed by atoms with van der Waals surface area (Å²) in [6.07, 6.45) is -0.730. The van der Waals surface area contributed by atoms with E-state index in [0.717, 1.165) is 0 Å². The number of nitro groups is 1. The molecule has 0 spiro atoms. The smallest absolute Gasteiger partial charge is 0.355 e. The summed E-state index contributed by atoms with van der Waals surface area (Å²) in [5.41, 5.74) is 0.584. The fourth-order valence-electron chi connectivity index (χ4n) is 3.11. The number of nitrogens with zero attached hydrogens (tertiary/aromatic N) is 2. The predicted octanol–water partition coefficient (Wildman–Crippen LogP) is 1.08. The quantitative estimate of drug-likeness (QED) is 0.267. The highest BCUT2D eigenvalue weighted by Crippen LogP contribution is 2.46. The Labute approximate surface area is 180 Å². The molecule has 1 fully saturated rings. The summed E-state index contributed by atoms with van der Waals surface area (Å²) in [6.45, 7) is 2.46. The number of β-lactam (4-membered cyclic amide) rings is 1. The molecule has 31 heavy (non-hydrogen) atoms. The molecule has 2 aliphatic heterocycles. The summed E-state index contributed by atoms with van der Waals surface area (Å²) in [5.74, 6) is -2.72. The second-order valence-electron chi connectivity index (χ2n) is 6.87. The minimum atomic E-state index is -0.730. The molecule has 0 aromatic heterocycles. The maximum absolute atomic E-state index is 12.6. The van der Waals surface area contributed by atoms with Gasteiger partial charge in [0.1, 0.15) is 36.2 Å². The van der Waals surface area contributed by atoms with Gasteiger partial charge in [0.25, 0.3) is 5.69 Å². The molecule has 1 aromatic carbocycles. The minimum absolute atomic E-state index is 0.0723. The normalized spacial score (nSPS) is 20.1. The molecule has 12 heteroatoms. The molecule has 1 saturated heterocycles. The summed E-state index contributed by atoms with van der Waals surface area (Å²) in [5, 5.41) is 14.1. The van der Waals surface area contributed by atoms with Crippen LogP contribution in [0, 0.1) is 16.0 Å². The monoisotopic (exact) mass is 449 g/mol. The van der Waals surface area contributed by atoms with Gasteiger partial charge in [-0.05, 0) is 24.6 Å². The largest absolute Gasteiger partial charge is 0.460 e. The number of rotatable bonds is 8. The number of carbonyl (C=O) groups is 4. The molecular weight excluding hydrogens is 430 g/mol. The van der Waals surface area contributed by atoms with Gasteiger partial charge in [0, 0.05) is 24.5 Å². The molecule has 0 radical (unpaired) electrons. The van der Waals surface area contributed by atoms with Gasteiger partial charge < -0.3 is 14.8 Å². The fourth-order valence-corrected chi connectivity index (χ4v) is 4.44. The molecular formula is C19H19N3O8S. The van der Waals surface area contributed by atoms with Gasteiger partial charge in [-0.1, -0.05) is 0 Å². The first-order valence-electron chi connectivity index (χ1n) is 9.22. The Morgan fingerprint density at radius 2 is 1.97 bits per heavy atom. The number of nitro benzene ring substituents is 1. The Bertz CT molecular complexity index is 961. The molecule has 0 unspecified atom stereocenters. The number of benzene rings is 1. The van der Waals surface area contributed by atoms with Crippen molar-refractivity contribution in [1.29, 1.82) is 0 Å². The number of thioether (sulfide) groups is 1. The SMILES string of the molecule is CC(=O)NCC(=O)O[C@H](C)[C@H]1C(=O)N2C(C(=O)OCc3ccc([N+](=O)[O-])cc3)=CS[C@@H]12. The maximum Gasteiger partial charge on any atom is 0.355 e. The summed E-state index contributed by atoms with van der Waals surface area (Å²) in [6, 6.07) is 5.58. The summed E-state index contributed by atoms with van der Waals surface area (Å²) >= 11 is 1.25. The second-order valence-corrected chi connectivity index (χ2v) is 7.86. The lowest BCUT2D eigenvalue weighted by Crippen LogP contribution is -2.61. The van der Waals surface area contributed by atoms with Gasteiger partial charge in [-0.3, -0.25) is 29.4 Å². The van der Waals surface area contributed by atoms with E-state index >= 15 is 0 Å². The van der Waals surface area contributed by atoms with E-state index in [1.54, 1.807) is 6.92 Å². The van der Waals surface area contributed by atoms with Crippen LogP contribution in [-0.4, -0.2) is 51.6 Å². The Balaban J connectivity index is 1.51. The van der Waals surface area contributed by atoms with Crippen molar-refractivity contribution in [3.8, 4) is 0 Å². The van der Waals surface area contributed by atoms with Gasteiger partial charge >= 0.3 is 11.9 Å². The zero-order valence-electron chi connectivity index (χ0n) is 16.6. The molecule has 0 saturated carbocycles. The van der Waals surface area contributed by atoms with Crippen molar-refractivity contribution in [2.75, 3.05) is 6.54 Å². The Morgan fingerprint density at radius 3 is 2.58 bits per heavy atom. The highest BCUT2D eigenvalue weighted by Gasteiger charge is 2.56. The first kappa shape index (κ1) is 22.3. The molecule has 2 amide bonds. The lowest BCUT2D eigenvalue weighted by atomic mass is 9.92. The van der Waals surface area contributed by atoms with Gasteiger partial charge in [0.2, 0.25) is 11.8 Å². The van der Waals surface area contributed by atoms with Crippen LogP contribution in [0.2, 0.25) is 0 Å². The van der Waals surface area contributed by atoms with Crippen molar-refractivity contribution < 1.29 is 33.6 Å². The van der Waals surface area contributed by atoms with E-state index in [4.69, 9.17) is 9.47 Å². The molecule has 2 aliphatic rings. The van der Waals surface area contributed by atoms with Crippen molar-refractivity contribution in [1.82, 2.24) is 10.2 Å². The van der Waals surface area contributed by atoms with Crippen molar-refractivity contribution in [3.05, 3.63) is 51.0 Å². The van der Waals surface area contributed by atoms with Crippen molar-refractivity contribution in [2.45, 2.75) is 31.9 Å². The zero-order valence-corrected chi connectivity index (χ0v) is 17.4. The van der Waals surface area contributed by atoms with Crippen LogP contribution in [0.15, 0.2) is 35.4 Å². The molecule has 164 valence electrons. The lowest BCUT2D eigenvalue weighted by Gasteiger charge is -2.44.